The van der Waals surface area contributed by atoms with Crippen molar-refractivity contribution < 1.29 is 14.4 Å². The summed E-state index contributed by atoms with van der Waals surface area (Å²) in [6.45, 7) is 2.15. The van der Waals surface area contributed by atoms with Crippen LogP contribution in [0.5, 0.6) is 0 Å². The molecular formula is C13H21N3O3. The van der Waals surface area contributed by atoms with E-state index in [-0.39, 0.29) is 24.3 Å². The van der Waals surface area contributed by atoms with Crippen LogP contribution in [0.4, 0.5) is 0 Å². The maximum atomic E-state index is 11.9. The summed E-state index contributed by atoms with van der Waals surface area (Å²) < 4.78 is 0. The first-order valence-corrected chi connectivity index (χ1v) is 6.95. The second kappa shape index (κ2) is 6.54. The van der Waals surface area contributed by atoms with E-state index in [1.165, 1.54) is 0 Å². The van der Waals surface area contributed by atoms with Crippen molar-refractivity contribution in [2.75, 3.05) is 26.2 Å². The molecule has 0 aromatic heterocycles. The zero-order valence-electron chi connectivity index (χ0n) is 11.1. The largest absolute Gasteiger partial charge is 0.353 e. The predicted octanol–water partition coefficient (Wildman–Crippen LogP) is -0.264. The first kappa shape index (κ1) is 13.8. The molecule has 0 aromatic carbocycles. The lowest BCUT2D eigenvalue weighted by Crippen LogP contribution is -2.49. The fraction of sp³-hybridized carbons (Fsp3) is 0.769. The van der Waals surface area contributed by atoms with Gasteiger partial charge in [0.25, 0.3) is 0 Å². The summed E-state index contributed by atoms with van der Waals surface area (Å²) in [6, 6.07) is 0.257. The molecule has 2 fully saturated rings. The standard InChI is InChI=1S/C13H21N3O3/c17-10-15-5-7-16(8-6-15)13(19)9-12(18)14-11-3-1-2-4-11/h10-11H,1-9H2,(H,14,18). The van der Waals surface area contributed by atoms with Gasteiger partial charge in [-0.05, 0) is 12.8 Å². The average molecular weight is 267 g/mol. The van der Waals surface area contributed by atoms with Gasteiger partial charge in [0.2, 0.25) is 18.2 Å². The summed E-state index contributed by atoms with van der Waals surface area (Å²) in [5.41, 5.74) is 0. The number of hydrogen-bond donors (Lipinski definition) is 1. The maximum Gasteiger partial charge on any atom is 0.232 e. The maximum absolute atomic E-state index is 11.9. The zero-order valence-corrected chi connectivity index (χ0v) is 11.1. The number of hydrogen-bond acceptors (Lipinski definition) is 3. The fourth-order valence-corrected chi connectivity index (χ4v) is 2.67. The van der Waals surface area contributed by atoms with Gasteiger partial charge in [0, 0.05) is 32.2 Å². The van der Waals surface area contributed by atoms with Gasteiger partial charge in [-0.25, -0.2) is 0 Å². The molecule has 1 saturated heterocycles. The third-order valence-electron chi connectivity index (χ3n) is 3.85. The summed E-state index contributed by atoms with van der Waals surface area (Å²) in [4.78, 5) is 37.6. The summed E-state index contributed by atoms with van der Waals surface area (Å²) in [5.74, 6) is -0.309. The van der Waals surface area contributed by atoms with Gasteiger partial charge in [-0.1, -0.05) is 12.8 Å². The Morgan fingerprint density at radius 2 is 1.74 bits per heavy atom. The second-order valence-corrected chi connectivity index (χ2v) is 5.25. The molecule has 0 unspecified atom stereocenters. The minimum Gasteiger partial charge on any atom is -0.353 e. The van der Waals surface area contributed by atoms with E-state index < -0.39 is 0 Å². The van der Waals surface area contributed by atoms with Gasteiger partial charge in [0.1, 0.15) is 6.42 Å². The van der Waals surface area contributed by atoms with Crippen molar-refractivity contribution in [2.24, 2.45) is 0 Å². The van der Waals surface area contributed by atoms with Gasteiger partial charge >= 0.3 is 0 Å². The van der Waals surface area contributed by atoms with Crippen LogP contribution in [0.15, 0.2) is 0 Å². The third-order valence-corrected chi connectivity index (χ3v) is 3.85. The van der Waals surface area contributed by atoms with Crippen LogP contribution < -0.4 is 5.32 Å². The molecule has 6 heteroatoms. The molecule has 19 heavy (non-hydrogen) atoms. The topological polar surface area (TPSA) is 69.7 Å². The van der Waals surface area contributed by atoms with Gasteiger partial charge in [0.05, 0.1) is 0 Å². The Bertz CT molecular complexity index is 345. The minimum atomic E-state index is -0.172. The molecule has 2 aliphatic rings. The van der Waals surface area contributed by atoms with Crippen LogP contribution in [0.2, 0.25) is 0 Å². The van der Waals surface area contributed by atoms with Crippen LogP contribution in [0.1, 0.15) is 32.1 Å². The third kappa shape index (κ3) is 3.94. The van der Waals surface area contributed by atoms with E-state index in [9.17, 15) is 14.4 Å². The molecule has 6 nitrogen and oxygen atoms in total. The number of carbonyl (C=O) groups excluding carboxylic acids is 3. The molecule has 106 valence electrons. The van der Waals surface area contributed by atoms with Crippen molar-refractivity contribution in [1.82, 2.24) is 15.1 Å². The Morgan fingerprint density at radius 3 is 2.32 bits per heavy atom. The number of carbonyl (C=O) groups is 3. The van der Waals surface area contributed by atoms with Gasteiger partial charge in [-0.3, -0.25) is 14.4 Å². The van der Waals surface area contributed by atoms with Gasteiger partial charge in [-0.2, -0.15) is 0 Å². The summed E-state index contributed by atoms with van der Waals surface area (Å²) in [5, 5.41) is 2.92. The quantitative estimate of drug-likeness (QED) is 0.563. The van der Waals surface area contributed by atoms with Crippen LogP contribution in [-0.2, 0) is 14.4 Å². The van der Waals surface area contributed by atoms with E-state index in [1.807, 2.05) is 0 Å². The summed E-state index contributed by atoms with van der Waals surface area (Å²) >= 11 is 0. The van der Waals surface area contributed by atoms with Gasteiger partial charge in [0.15, 0.2) is 0 Å². The van der Waals surface area contributed by atoms with Crippen LogP contribution >= 0.6 is 0 Å². The molecule has 1 aliphatic carbocycles. The lowest BCUT2D eigenvalue weighted by Gasteiger charge is -2.32. The lowest BCUT2D eigenvalue weighted by molar-refractivity contribution is -0.139. The van der Waals surface area contributed by atoms with E-state index in [0.29, 0.717) is 26.2 Å². The molecule has 1 saturated carbocycles. The first-order valence-electron chi connectivity index (χ1n) is 6.95. The van der Waals surface area contributed by atoms with E-state index in [1.54, 1.807) is 9.80 Å². The predicted molar refractivity (Wildman–Crippen MR) is 69.2 cm³/mol. The molecule has 0 atom stereocenters. The molecule has 1 heterocycles. The molecule has 2 rings (SSSR count). The van der Waals surface area contributed by atoms with Crippen molar-refractivity contribution in [2.45, 2.75) is 38.1 Å². The van der Waals surface area contributed by atoms with Crippen LogP contribution in [-0.4, -0.2) is 60.2 Å². The molecular weight excluding hydrogens is 246 g/mol. The van der Waals surface area contributed by atoms with E-state index in [4.69, 9.17) is 0 Å². The smallest absolute Gasteiger partial charge is 0.232 e. The van der Waals surface area contributed by atoms with Crippen LogP contribution in [0.25, 0.3) is 0 Å². The normalized spacial score (nSPS) is 20.4. The number of piperazine rings is 1. The summed E-state index contributed by atoms with van der Waals surface area (Å²) in [6.07, 6.45) is 5.10. The van der Waals surface area contributed by atoms with Crippen LogP contribution in [0, 0.1) is 0 Å². The average Bonchev–Trinajstić information content (AvgIpc) is 2.91. The Kier molecular flexibility index (Phi) is 4.76. The molecule has 3 amide bonds. The number of rotatable bonds is 4. The highest BCUT2D eigenvalue weighted by molar-refractivity contribution is 5.97. The highest BCUT2D eigenvalue weighted by atomic mass is 16.2. The zero-order chi connectivity index (χ0) is 13.7. The summed E-state index contributed by atoms with van der Waals surface area (Å²) in [7, 11) is 0. The fourth-order valence-electron chi connectivity index (χ4n) is 2.67. The van der Waals surface area contributed by atoms with E-state index in [0.717, 1.165) is 32.1 Å². The van der Waals surface area contributed by atoms with Crippen molar-refractivity contribution in [3.8, 4) is 0 Å². The molecule has 0 spiro atoms. The van der Waals surface area contributed by atoms with Crippen molar-refractivity contribution in [3.05, 3.63) is 0 Å². The number of nitrogens with one attached hydrogen (secondary N) is 1. The molecule has 0 radical (unpaired) electrons. The molecule has 0 aromatic rings. The first-order chi connectivity index (χ1) is 9.19. The van der Waals surface area contributed by atoms with Gasteiger partial charge < -0.3 is 15.1 Å². The Hall–Kier alpha value is -1.59. The lowest BCUT2D eigenvalue weighted by atomic mass is 10.2. The Labute approximate surface area is 113 Å². The van der Waals surface area contributed by atoms with Crippen molar-refractivity contribution in [3.63, 3.8) is 0 Å². The number of nitrogens with zero attached hydrogens (tertiary/aromatic N) is 2. The van der Waals surface area contributed by atoms with Crippen molar-refractivity contribution in [1.29, 1.82) is 0 Å². The van der Waals surface area contributed by atoms with Crippen LogP contribution in [0.3, 0.4) is 0 Å². The number of amides is 3. The molecule has 1 N–H and O–H groups in total. The van der Waals surface area contributed by atoms with Crippen molar-refractivity contribution >= 4 is 18.2 Å². The second-order valence-electron chi connectivity index (χ2n) is 5.25. The van der Waals surface area contributed by atoms with E-state index >= 15 is 0 Å². The minimum absolute atomic E-state index is 0.0718. The Morgan fingerprint density at radius 1 is 1.11 bits per heavy atom. The van der Waals surface area contributed by atoms with Gasteiger partial charge in [-0.15, -0.1) is 0 Å². The highest BCUT2D eigenvalue weighted by Crippen LogP contribution is 2.17. The Balaban J connectivity index is 1.71. The highest BCUT2D eigenvalue weighted by Gasteiger charge is 2.23. The SMILES string of the molecule is O=CN1CCN(C(=O)CC(=O)NC2CCCC2)CC1. The molecule has 0 bridgehead atoms. The van der Waals surface area contributed by atoms with E-state index in [2.05, 4.69) is 5.32 Å². The molecule has 1 aliphatic heterocycles. The monoisotopic (exact) mass is 267 g/mol.